The van der Waals surface area contributed by atoms with Crippen molar-refractivity contribution in [2.75, 3.05) is 13.2 Å². The number of ether oxygens (including phenoxy) is 2. The van der Waals surface area contributed by atoms with Crippen molar-refractivity contribution < 1.29 is 14.3 Å². The highest BCUT2D eigenvalue weighted by Gasteiger charge is 2.39. The maximum absolute atomic E-state index is 10.7. The summed E-state index contributed by atoms with van der Waals surface area (Å²) in [5, 5.41) is 0. The van der Waals surface area contributed by atoms with Gasteiger partial charge in [0.25, 0.3) is 0 Å². The second kappa shape index (κ2) is 4.46. The largest absolute Gasteiger partial charge is 0.486 e. The number of carbonyl (C=O) groups excluding carboxylic acids is 1. The summed E-state index contributed by atoms with van der Waals surface area (Å²) in [6, 6.07) is 5.81. The molecule has 0 N–H and O–H groups in total. The van der Waals surface area contributed by atoms with Crippen molar-refractivity contribution in [2.24, 2.45) is 4.99 Å². The van der Waals surface area contributed by atoms with E-state index in [0.717, 1.165) is 42.7 Å². The van der Waals surface area contributed by atoms with Crippen molar-refractivity contribution in [1.82, 2.24) is 0 Å². The standard InChI is InChI=1S/C14H15NO3/c16-10-15-14(6-1-2-7-14)11-4-3-5-12-13(11)18-9-8-17-12/h3-5H,1-2,6-9H2. The Morgan fingerprint density at radius 1 is 1.17 bits per heavy atom. The quantitative estimate of drug-likeness (QED) is 0.594. The first-order valence-electron chi connectivity index (χ1n) is 6.34. The van der Waals surface area contributed by atoms with E-state index in [4.69, 9.17) is 9.47 Å². The molecule has 1 aromatic carbocycles. The molecule has 1 aliphatic heterocycles. The summed E-state index contributed by atoms with van der Waals surface area (Å²) in [5.74, 6) is 1.51. The van der Waals surface area contributed by atoms with E-state index in [1.807, 2.05) is 18.2 Å². The molecule has 4 heteroatoms. The van der Waals surface area contributed by atoms with Gasteiger partial charge in [0, 0.05) is 5.56 Å². The zero-order valence-corrected chi connectivity index (χ0v) is 10.1. The first-order valence-corrected chi connectivity index (χ1v) is 6.34. The number of hydrogen-bond acceptors (Lipinski definition) is 4. The minimum Gasteiger partial charge on any atom is -0.486 e. The summed E-state index contributed by atoms with van der Waals surface area (Å²) in [7, 11) is 0. The number of fused-ring (bicyclic) bond motifs is 1. The maximum atomic E-state index is 10.7. The van der Waals surface area contributed by atoms with Crippen LogP contribution in [-0.4, -0.2) is 19.3 Å². The van der Waals surface area contributed by atoms with Gasteiger partial charge in [-0.25, -0.2) is 4.79 Å². The van der Waals surface area contributed by atoms with Crippen molar-refractivity contribution in [3.05, 3.63) is 23.8 Å². The van der Waals surface area contributed by atoms with Crippen molar-refractivity contribution in [3.8, 4) is 11.5 Å². The summed E-state index contributed by atoms with van der Waals surface area (Å²) in [5.41, 5.74) is 0.522. The van der Waals surface area contributed by atoms with E-state index in [1.54, 1.807) is 6.08 Å². The van der Waals surface area contributed by atoms with E-state index >= 15 is 0 Å². The van der Waals surface area contributed by atoms with Crippen molar-refractivity contribution >= 4 is 6.08 Å². The number of para-hydroxylation sites is 1. The molecule has 1 saturated carbocycles. The minimum absolute atomic E-state index is 0.451. The molecule has 18 heavy (non-hydrogen) atoms. The molecule has 0 unspecified atom stereocenters. The Balaban J connectivity index is 2.12. The van der Waals surface area contributed by atoms with Crippen LogP contribution in [0, 0.1) is 0 Å². The highest BCUT2D eigenvalue weighted by atomic mass is 16.6. The van der Waals surface area contributed by atoms with Gasteiger partial charge in [0.2, 0.25) is 6.08 Å². The van der Waals surface area contributed by atoms with Gasteiger partial charge in [0.15, 0.2) is 11.5 Å². The van der Waals surface area contributed by atoms with Crippen LogP contribution in [0.15, 0.2) is 23.2 Å². The Hall–Kier alpha value is -1.80. The second-order valence-corrected chi connectivity index (χ2v) is 4.77. The van der Waals surface area contributed by atoms with Gasteiger partial charge in [0.05, 0.1) is 0 Å². The Kier molecular flexibility index (Phi) is 2.80. The molecule has 0 radical (unpaired) electrons. The third-order valence-corrected chi connectivity index (χ3v) is 3.76. The van der Waals surface area contributed by atoms with E-state index in [1.165, 1.54) is 0 Å². The van der Waals surface area contributed by atoms with Crippen LogP contribution in [0.3, 0.4) is 0 Å². The fourth-order valence-electron chi connectivity index (χ4n) is 2.93. The van der Waals surface area contributed by atoms with Gasteiger partial charge >= 0.3 is 0 Å². The summed E-state index contributed by atoms with van der Waals surface area (Å²) >= 11 is 0. The van der Waals surface area contributed by atoms with Crippen LogP contribution in [0.1, 0.15) is 31.2 Å². The molecule has 0 bridgehead atoms. The number of nitrogens with zero attached hydrogens (tertiary/aromatic N) is 1. The summed E-state index contributed by atoms with van der Waals surface area (Å²) in [4.78, 5) is 14.8. The molecule has 94 valence electrons. The molecule has 1 heterocycles. The van der Waals surface area contributed by atoms with E-state index in [9.17, 15) is 4.79 Å². The molecule has 1 fully saturated rings. The van der Waals surface area contributed by atoms with Gasteiger partial charge in [-0.3, -0.25) is 0 Å². The van der Waals surface area contributed by atoms with Gasteiger partial charge in [-0.1, -0.05) is 25.0 Å². The lowest BCUT2D eigenvalue weighted by Gasteiger charge is -2.28. The monoisotopic (exact) mass is 245 g/mol. The second-order valence-electron chi connectivity index (χ2n) is 4.77. The van der Waals surface area contributed by atoms with Crippen LogP contribution >= 0.6 is 0 Å². The van der Waals surface area contributed by atoms with Gasteiger partial charge in [-0.15, -0.1) is 0 Å². The lowest BCUT2D eigenvalue weighted by atomic mass is 9.88. The number of hydrogen-bond donors (Lipinski definition) is 0. The maximum Gasteiger partial charge on any atom is 0.235 e. The molecule has 0 aromatic heterocycles. The molecule has 0 saturated heterocycles. The fraction of sp³-hybridized carbons (Fsp3) is 0.500. The van der Waals surface area contributed by atoms with Crippen molar-refractivity contribution in [1.29, 1.82) is 0 Å². The average molecular weight is 245 g/mol. The minimum atomic E-state index is -0.451. The van der Waals surface area contributed by atoms with Gasteiger partial charge < -0.3 is 9.47 Å². The van der Waals surface area contributed by atoms with Crippen LogP contribution in [0.4, 0.5) is 0 Å². The Morgan fingerprint density at radius 2 is 1.94 bits per heavy atom. The molecule has 1 aliphatic carbocycles. The average Bonchev–Trinajstić information content (AvgIpc) is 2.88. The Morgan fingerprint density at radius 3 is 2.72 bits per heavy atom. The van der Waals surface area contributed by atoms with Crippen molar-refractivity contribution in [2.45, 2.75) is 31.2 Å². The number of aliphatic imine (C=N–C) groups is 1. The molecule has 0 atom stereocenters. The topological polar surface area (TPSA) is 47.9 Å². The first kappa shape index (κ1) is 11.3. The molecule has 0 spiro atoms. The lowest BCUT2D eigenvalue weighted by Crippen LogP contribution is -2.24. The number of benzene rings is 1. The predicted molar refractivity (Wildman–Crippen MR) is 65.7 cm³/mol. The van der Waals surface area contributed by atoms with E-state index in [-0.39, 0.29) is 0 Å². The van der Waals surface area contributed by atoms with E-state index < -0.39 is 5.54 Å². The lowest BCUT2D eigenvalue weighted by molar-refractivity contribution is 0.167. The number of isocyanates is 1. The summed E-state index contributed by atoms with van der Waals surface area (Å²) in [6.45, 7) is 1.12. The Bertz CT molecular complexity index is 500. The molecular formula is C14H15NO3. The predicted octanol–water partition coefficient (Wildman–Crippen LogP) is 2.56. The molecule has 4 nitrogen and oxygen atoms in total. The molecular weight excluding hydrogens is 230 g/mol. The third-order valence-electron chi connectivity index (χ3n) is 3.76. The van der Waals surface area contributed by atoms with Crippen LogP contribution < -0.4 is 9.47 Å². The highest BCUT2D eigenvalue weighted by Crippen LogP contribution is 2.48. The van der Waals surface area contributed by atoms with Gasteiger partial charge in [-0.2, -0.15) is 4.99 Å². The Labute approximate surface area is 106 Å². The van der Waals surface area contributed by atoms with E-state index in [0.29, 0.717) is 13.2 Å². The zero-order valence-electron chi connectivity index (χ0n) is 10.1. The third kappa shape index (κ3) is 1.70. The summed E-state index contributed by atoms with van der Waals surface area (Å²) in [6.07, 6.45) is 5.65. The zero-order chi connectivity index (χ0) is 12.4. The fourth-order valence-corrected chi connectivity index (χ4v) is 2.93. The molecule has 3 rings (SSSR count). The van der Waals surface area contributed by atoms with Gasteiger partial charge in [0.1, 0.15) is 18.8 Å². The summed E-state index contributed by atoms with van der Waals surface area (Å²) < 4.78 is 11.3. The van der Waals surface area contributed by atoms with Gasteiger partial charge in [-0.05, 0) is 18.9 Å². The van der Waals surface area contributed by atoms with Crippen molar-refractivity contribution in [3.63, 3.8) is 0 Å². The van der Waals surface area contributed by atoms with Crippen LogP contribution in [0.25, 0.3) is 0 Å². The van der Waals surface area contributed by atoms with E-state index in [2.05, 4.69) is 4.99 Å². The molecule has 2 aliphatic rings. The molecule has 1 aromatic rings. The van der Waals surface area contributed by atoms with Crippen LogP contribution in [0.5, 0.6) is 11.5 Å². The first-order chi connectivity index (χ1) is 8.86. The van der Waals surface area contributed by atoms with Crippen LogP contribution in [-0.2, 0) is 10.3 Å². The highest BCUT2D eigenvalue weighted by molar-refractivity contribution is 5.52. The normalized spacial score (nSPS) is 20.2. The SMILES string of the molecule is O=C=NC1(c2cccc3c2OCCO3)CCCC1. The molecule has 0 amide bonds. The van der Waals surface area contributed by atoms with Crippen LogP contribution in [0.2, 0.25) is 0 Å². The number of rotatable bonds is 2. The smallest absolute Gasteiger partial charge is 0.235 e.